The molecule has 0 radical (unpaired) electrons. The first kappa shape index (κ1) is 26.7. The second kappa shape index (κ2) is 11.4. The zero-order valence-electron chi connectivity index (χ0n) is 21.5. The van der Waals surface area contributed by atoms with Gasteiger partial charge in [-0.05, 0) is 32.1 Å². The minimum atomic E-state index is -0.999. The molecule has 2 heterocycles. The number of aromatic nitrogens is 1. The maximum absolute atomic E-state index is 13.7. The molecule has 0 unspecified atom stereocenters. The fourth-order valence-electron chi connectivity index (χ4n) is 4.41. The van der Waals surface area contributed by atoms with Crippen LogP contribution in [0.5, 0.6) is 11.5 Å². The van der Waals surface area contributed by atoms with Crippen LogP contribution in [0.25, 0.3) is 17.5 Å². The number of thiazole rings is 1. The molecular formula is C28H28N2O7S. The summed E-state index contributed by atoms with van der Waals surface area (Å²) in [5.74, 6) is -1.55. The molecule has 0 bridgehead atoms. The van der Waals surface area contributed by atoms with Crippen LogP contribution in [0.2, 0.25) is 0 Å². The molecule has 2 aromatic carbocycles. The normalized spacial score (nSPS) is 15.2. The van der Waals surface area contributed by atoms with Crippen LogP contribution in [0.15, 0.2) is 58.9 Å². The number of methoxy groups -OCH3 is 2. The van der Waals surface area contributed by atoms with Crippen LogP contribution in [0.4, 0.5) is 0 Å². The Morgan fingerprint density at radius 1 is 0.921 bits per heavy atom. The second-order valence-corrected chi connectivity index (χ2v) is 9.16. The van der Waals surface area contributed by atoms with Crippen LogP contribution < -0.4 is 30.0 Å². The van der Waals surface area contributed by atoms with Crippen LogP contribution in [0.1, 0.15) is 30.9 Å². The molecule has 2 N–H and O–H groups in total. The summed E-state index contributed by atoms with van der Waals surface area (Å²) < 4.78 is 23.5. The van der Waals surface area contributed by atoms with Crippen LogP contribution in [-0.2, 0) is 19.1 Å². The van der Waals surface area contributed by atoms with Gasteiger partial charge in [-0.15, -0.1) is 11.3 Å². The summed E-state index contributed by atoms with van der Waals surface area (Å²) in [5, 5.41) is 0. The van der Waals surface area contributed by atoms with E-state index in [-0.39, 0.29) is 39.4 Å². The highest BCUT2D eigenvalue weighted by Crippen LogP contribution is 2.41. The van der Waals surface area contributed by atoms with E-state index in [0.717, 1.165) is 11.3 Å². The van der Waals surface area contributed by atoms with Gasteiger partial charge in [0.1, 0.15) is 22.0 Å². The van der Waals surface area contributed by atoms with E-state index < -0.39 is 23.4 Å². The van der Waals surface area contributed by atoms with E-state index >= 15 is 0 Å². The Hall–Kier alpha value is -4.31. The topological polar surface area (TPSA) is 119 Å². The molecule has 0 saturated heterocycles. The molecule has 1 aromatic heterocycles. The van der Waals surface area contributed by atoms with Crippen molar-refractivity contribution >= 4 is 40.7 Å². The van der Waals surface area contributed by atoms with Gasteiger partial charge in [-0.3, -0.25) is 9.36 Å². The molecule has 0 fully saturated rings. The van der Waals surface area contributed by atoms with E-state index in [1.165, 1.54) is 18.8 Å². The number of carbonyl (C=O) groups excluding carboxylic acids is 2. The lowest BCUT2D eigenvalue weighted by molar-refractivity contribution is -0.138. The number of carbonyl (C=O) groups is 2. The average Bonchev–Trinajstić information content (AvgIpc) is 3.24. The predicted octanol–water partition coefficient (Wildman–Crippen LogP) is 1.96. The third-order valence-corrected chi connectivity index (χ3v) is 7.12. The van der Waals surface area contributed by atoms with Gasteiger partial charge in [-0.25, -0.2) is 9.59 Å². The summed E-state index contributed by atoms with van der Waals surface area (Å²) in [6.45, 7) is 3.50. The number of nitrogens with two attached hydrogens (primary N) is 1. The van der Waals surface area contributed by atoms with Crippen LogP contribution >= 0.6 is 11.3 Å². The highest BCUT2D eigenvalue weighted by Gasteiger charge is 2.41. The van der Waals surface area contributed by atoms with Crippen molar-refractivity contribution in [3.8, 4) is 11.5 Å². The first-order chi connectivity index (χ1) is 18.4. The molecule has 0 aliphatic carbocycles. The Morgan fingerprint density at radius 2 is 1.50 bits per heavy atom. The summed E-state index contributed by atoms with van der Waals surface area (Å²) >= 11 is 1.08. The molecule has 10 heteroatoms. The lowest BCUT2D eigenvalue weighted by Crippen LogP contribution is -2.42. The number of rotatable bonds is 8. The van der Waals surface area contributed by atoms with E-state index in [1.807, 2.05) is 12.1 Å². The molecule has 38 heavy (non-hydrogen) atoms. The number of esters is 2. The maximum atomic E-state index is 13.7. The van der Waals surface area contributed by atoms with Crippen molar-refractivity contribution in [2.75, 3.05) is 27.4 Å². The first-order valence-electron chi connectivity index (χ1n) is 12.0. The van der Waals surface area contributed by atoms with Gasteiger partial charge in [-0.1, -0.05) is 36.4 Å². The van der Waals surface area contributed by atoms with Gasteiger partial charge in [0.15, 0.2) is 0 Å². The van der Waals surface area contributed by atoms with Gasteiger partial charge in [0.2, 0.25) is 0 Å². The summed E-state index contributed by atoms with van der Waals surface area (Å²) in [4.78, 5) is 40.5. The van der Waals surface area contributed by atoms with Crippen molar-refractivity contribution < 1.29 is 28.5 Å². The van der Waals surface area contributed by atoms with Gasteiger partial charge >= 0.3 is 11.9 Å². The fourth-order valence-corrected chi connectivity index (χ4v) is 5.56. The number of ether oxygens (including phenoxy) is 4. The molecule has 0 amide bonds. The first-order valence-corrected chi connectivity index (χ1v) is 12.8. The minimum absolute atomic E-state index is 0.0457. The Balaban J connectivity index is 2.15. The Kier molecular flexibility index (Phi) is 8.02. The van der Waals surface area contributed by atoms with E-state index in [4.69, 9.17) is 24.7 Å². The Labute approximate surface area is 223 Å². The van der Waals surface area contributed by atoms with E-state index in [0.29, 0.717) is 22.6 Å². The number of nitrogens with zero attached hydrogens (tertiary/aromatic N) is 1. The third kappa shape index (κ3) is 4.70. The Bertz CT molecular complexity index is 1600. The van der Waals surface area contributed by atoms with Crippen molar-refractivity contribution in [2.45, 2.75) is 19.8 Å². The number of fused-ring (bicyclic) bond motifs is 1. The van der Waals surface area contributed by atoms with Gasteiger partial charge in [0, 0.05) is 11.1 Å². The van der Waals surface area contributed by atoms with Crippen LogP contribution in [0, 0.1) is 0 Å². The quantitative estimate of drug-likeness (QED) is 0.434. The average molecular weight is 537 g/mol. The van der Waals surface area contributed by atoms with Crippen molar-refractivity contribution in [1.29, 1.82) is 0 Å². The van der Waals surface area contributed by atoms with Gasteiger partial charge in [0.25, 0.3) is 5.56 Å². The lowest BCUT2D eigenvalue weighted by Gasteiger charge is -2.28. The minimum Gasteiger partial charge on any atom is -0.496 e. The standard InChI is InChI=1S/C28H28N2O7S/c1-5-36-27(32)22-21(17-12-8-10-14-19(17)35-4)23(28(33)37-6-2)26-30(24(22)29)25(31)20(38-26)15-16-11-7-9-13-18(16)34-3/h7-15,21H,5-6,29H2,1-4H3/t21-/m0/s1. The van der Waals surface area contributed by atoms with Gasteiger partial charge < -0.3 is 24.7 Å². The molecule has 1 aliphatic heterocycles. The number of hydrogen-bond acceptors (Lipinski definition) is 9. The van der Waals surface area contributed by atoms with Crippen molar-refractivity contribution in [1.82, 2.24) is 4.57 Å². The Morgan fingerprint density at radius 3 is 2.13 bits per heavy atom. The smallest absolute Gasteiger partial charge is 0.338 e. The molecule has 0 saturated carbocycles. The lowest BCUT2D eigenvalue weighted by atomic mass is 9.82. The summed E-state index contributed by atoms with van der Waals surface area (Å²) in [6.07, 6.45) is 1.66. The van der Waals surface area contributed by atoms with Gasteiger partial charge in [0.05, 0.1) is 49.0 Å². The van der Waals surface area contributed by atoms with E-state index in [2.05, 4.69) is 0 Å². The highest BCUT2D eigenvalue weighted by atomic mass is 32.1. The van der Waals surface area contributed by atoms with E-state index in [1.54, 1.807) is 56.3 Å². The molecular weight excluding hydrogens is 508 g/mol. The zero-order chi connectivity index (χ0) is 27.4. The maximum Gasteiger partial charge on any atom is 0.338 e. The monoisotopic (exact) mass is 536 g/mol. The summed E-state index contributed by atoms with van der Waals surface area (Å²) in [6, 6.07) is 14.2. The van der Waals surface area contributed by atoms with Gasteiger partial charge in [-0.2, -0.15) is 0 Å². The number of hydrogen-bond donors (Lipinski definition) is 1. The molecule has 9 nitrogen and oxygen atoms in total. The molecule has 4 rings (SSSR count). The van der Waals surface area contributed by atoms with Crippen LogP contribution in [0.3, 0.4) is 0 Å². The molecule has 1 aliphatic rings. The predicted molar refractivity (Wildman–Crippen MR) is 144 cm³/mol. The fraction of sp³-hybridized carbons (Fsp3) is 0.250. The molecule has 0 spiro atoms. The molecule has 1 atom stereocenters. The van der Waals surface area contributed by atoms with Crippen molar-refractivity contribution in [3.63, 3.8) is 0 Å². The second-order valence-electron chi connectivity index (χ2n) is 8.13. The summed E-state index contributed by atoms with van der Waals surface area (Å²) in [5.41, 5.74) is 7.27. The molecule has 198 valence electrons. The molecule has 3 aromatic rings. The highest BCUT2D eigenvalue weighted by molar-refractivity contribution is 7.07. The zero-order valence-corrected chi connectivity index (χ0v) is 22.3. The SMILES string of the molecule is CCOC(=O)C1=C(N)n2c(sc(=Cc3ccccc3OC)c2=O)=C(C(=O)OCC)[C@H]1c1ccccc1OC. The summed E-state index contributed by atoms with van der Waals surface area (Å²) in [7, 11) is 3.03. The third-order valence-electron chi connectivity index (χ3n) is 6.01. The van der Waals surface area contributed by atoms with Crippen LogP contribution in [-0.4, -0.2) is 43.9 Å². The van der Waals surface area contributed by atoms with Crippen molar-refractivity contribution in [2.24, 2.45) is 5.73 Å². The largest absolute Gasteiger partial charge is 0.496 e. The van der Waals surface area contributed by atoms with E-state index in [9.17, 15) is 14.4 Å². The number of para-hydroxylation sites is 2. The van der Waals surface area contributed by atoms with Crippen molar-refractivity contribution in [3.05, 3.63) is 84.8 Å². The number of benzene rings is 2.